The monoisotopic (exact) mass is 403 g/mol. The van der Waals surface area contributed by atoms with E-state index < -0.39 is 0 Å². The van der Waals surface area contributed by atoms with Crippen LogP contribution in [-0.2, 0) is 11.3 Å². The van der Waals surface area contributed by atoms with Crippen molar-refractivity contribution in [2.24, 2.45) is 0 Å². The molecule has 0 unspecified atom stereocenters. The van der Waals surface area contributed by atoms with Crippen LogP contribution in [-0.4, -0.2) is 22.5 Å². The second-order valence-corrected chi connectivity index (χ2v) is 7.85. The summed E-state index contributed by atoms with van der Waals surface area (Å²) in [5.74, 6) is 0.517. The lowest BCUT2D eigenvalue weighted by molar-refractivity contribution is -0.120. The average Bonchev–Trinajstić information content (AvgIpc) is 3.14. The first kappa shape index (κ1) is 19.1. The minimum absolute atomic E-state index is 0.0573. The number of nitrogens with zero attached hydrogens (tertiary/aromatic N) is 3. The van der Waals surface area contributed by atoms with E-state index in [1.165, 1.54) is 22.5 Å². The van der Waals surface area contributed by atoms with Gasteiger partial charge in [0, 0.05) is 12.4 Å². The summed E-state index contributed by atoms with van der Waals surface area (Å²) in [7, 11) is 0. The largest absolute Gasteiger partial charge is 0.484 e. The first-order valence-corrected chi connectivity index (χ1v) is 10.2. The Hall–Kier alpha value is -3.25. The van der Waals surface area contributed by atoms with Crippen molar-refractivity contribution in [2.45, 2.75) is 20.4 Å². The quantitative estimate of drug-likeness (QED) is 0.458. The molecule has 0 spiro atoms. The van der Waals surface area contributed by atoms with Crippen molar-refractivity contribution in [3.63, 3.8) is 0 Å². The topological polar surface area (TPSA) is 55.3 Å². The van der Waals surface area contributed by atoms with Crippen molar-refractivity contribution in [1.29, 1.82) is 0 Å². The van der Waals surface area contributed by atoms with Crippen LogP contribution in [0.5, 0.6) is 5.75 Å². The highest BCUT2D eigenvalue weighted by Gasteiger charge is 2.21. The van der Waals surface area contributed by atoms with Crippen LogP contribution in [0.15, 0.2) is 67.0 Å². The van der Waals surface area contributed by atoms with E-state index in [4.69, 9.17) is 9.72 Å². The molecule has 4 aromatic rings. The fraction of sp³-hybridized carbons (Fsp3) is 0.174. The van der Waals surface area contributed by atoms with Crippen molar-refractivity contribution < 1.29 is 9.53 Å². The Morgan fingerprint density at radius 2 is 1.86 bits per heavy atom. The third kappa shape index (κ3) is 4.43. The van der Waals surface area contributed by atoms with Gasteiger partial charge in [0.15, 0.2) is 11.7 Å². The summed E-state index contributed by atoms with van der Waals surface area (Å²) in [6, 6.07) is 17.3. The van der Waals surface area contributed by atoms with Crippen LogP contribution in [0.4, 0.5) is 5.13 Å². The summed E-state index contributed by atoms with van der Waals surface area (Å²) in [6.07, 6.45) is 3.48. The molecule has 2 aromatic carbocycles. The van der Waals surface area contributed by atoms with E-state index in [0.717, 1.165) is 15.8 Å². The molecule has 0 aliphatic rings. The second kappa shape index (κ2) is 8.41. The van der Waals surface area contributed by atoms with E-state index in [-0.39, 0.29) is 12.5 Å². The lowest BCUT2D eigenvalue weighted by Gasteiger charge is -2.20. The number of aromatic nitrogens is 2. The molecule has 0 fully saturated rings. The summed E-state index contributed by atoms with van der Waals surface area (Å²) in [5, 5.41) is 0.663. The molecule has 6 heteroatoms. The third-order valence-corrected chi connectivity index (χ3v) is 5.73. The number of thiazole rings is 1. The van der Waals surface area contributed by atoms with Crippen LogP contribution in [0, 0.1) is 13.8 Å². The highest BCUT2D eigenvalue weighted by Crippen LogP contribution is 2.31. The molecule has 0 N–H and O–H groups in total. The van der Waals surface area contributed by atoms with E-state index in [0.29, 0.717) is 17.4 Å². The van der Waals surface area contributed by atoms with E-state index >= 15 is 0 Å². The van der Waals surface area contributed by atoms with Crippen LogP contribution >= 0.6 is 11.3 Å². The smallest absolute Gasteiger partial charge is 0.267 e. The normalized spacial score (nSPS) is 10.8. The lowest BCUT2D eigenvalue weighted by Crippen LogP contribution is -2.34. The number of benzene rings is 2. The number of para-hydroxylation sites is 1. The standard InChI is InChI=1S/C23H21N3O2S/c1-16-11-20-21(12-17(16)2)29-23(25-20)26(14-18-7-6-10-24-13-18)22(27)15-28-19-8-4-3-5-9-19/h3-13H,14-15H2,1-2H3. The zero-order chi connectivity index (χ0) is 20.2. The number of pyridine rings is 1. The highest BCUT2D eigenvalue weighted by atomic mass is 32.1. The van der Waals surface area contributed by atoms with Crippen molar-refractivity contribution in [3.05, 3.63) is 83.7 Å². The summed E-state index contributed by atoms with van der Waals surface area (Å²) in [6.45, 7) is 4.49. The second-order valence-electron chi connectivity index (χ2n) is 6.84. The Labute approximate surface area is 173 Å². The minimum atomic E-state index is -0.148. The Balaban J connectivity index is 1.63. The van der Waals surface area contributed by atoms with Gasteiger partial charge in [0.05, 0.1) is 16.8 Å². The number of aryl methyl sites for hydroxylation is 2. The molecule has 29 heavy (non-hydrogen) atoms. The maximum Gasteiger partial charge on any atom is 0.267 e. The van der Waals surface area contributed by atoms with Gasteiger partial charge in [0.25, 0.3) is 5.91 Å². The fourth-order valence-corrected chi connectivity index (χ4v) is 4.02. The van der Waals surface area contributed by atoms with E-state index in [2.05, 4.69) is 31.0 Å². The van der Waals surface area contributed by atoms with Gasteiger partial charge in [0.2, 0.25) is 0 Å². The molecule has 0 aliphatic heterocycles. The number of hydrogen-bond donors (Lipinski definition) is 0. The molecule has 0 saturated carbocycles. The molecule has 2 aromatic heterocycles. The predicted molar refractivity (Wildman–Crippen MR) is 116 cm³/mol. The molecule has 1 amide bonds. The number of amides is 1. The first-order valence-electron chi connectivity index (χ1n) is 9.35. The van der Waals surface area contributed by atoms with Crippen molar-refractivity contribution in [1.82, 2.24) is 9.97 Å². The maximum absolute atomic E-state index is 13.1. The zero-order valence-corrected chi connectivity index (χ0v) is 17.1. The van der Waals surface area contributed by atoms with Gasteiger partial charge in [-0.05, 0) is 60.9 Å². The number of rotatable bonds is 6. The van der Waals surface area contributed by atoms with E-state index in [9.17, 15) is 4.79 Å². The summed E-state index contributed by atoms with van der Waals surface area (Å²) in [5.41, 5.74) is 4.24. The molecule has 0 atom stereocenters. The molecule has 146 valence electrons. The van der Waals surface area contributed by atoms with Crippen molar-refractivity contribution >= 4 is 32.6 Å². The zero-order valence-electron chi connectivity index (χ0n) is 16.3. The molecule has 4 rings (SSSR count). The van der Waals surface area contributed by atoms with Crippen LogP contribution in [0.2, 0.25) is 0 Å². The van der Waals surface area contributed by atoms with Gasteiger partial charge >= 0.3 is 0 Å². The Bertz CT molecular complexity index is 1090. The number of carbonyl (C=O) groups excluding carboxylic acids is 1. The van der Waals surface area contributed by atoms with Crippen LogP contribution in [0.25, 0.3) is 10.2 Å². The van der Waals surface area contributed by atoms with Gasteiger partial charge in [-0.15, -0.1) is 0 Å². The molecule has 0 aliphatic carbocycles. The Kier molecular flexibility index (Phi) is 5.53. The average molecular weight is 404 g/mol. The van der Waals surface area contributed by atoms with Crippen LogP contribution in [0.1, 0.15) is 16.7 Å². The lowest BCUT2D eigenvalue weighted by atomic mass is 10.1. The van der Waals surface area contributed by atoms with Crippen molar-refractivity contribution in [3.8, 4) is 5.75 Å². The van der Waals surface area contributed by atoms with Gasteiger partial charge in [-0.2, -0.15) is 0 Å². The summed E-state index contributed by atoms with van der Waals surface area (Å²) >= 11 is 1.52. The number of anilines is 1. The molecule has 0 radical (unpaired) electrons. The Morgan fingerprint density at radius 3 is 2.62 bits per heavy atom. The maximum atomic E-state index is 13.1. The van der Waals surface area contributed by atoms with Crippen LogP contribution in [0.3, 0.4) is 0 Å². The molecule has 0 bridgehead atoms. The van der Waals surface area contributed by atoms with Gasteiger partial charge in [-0.3, -0.25) is 14.7 Å². The number of fused-ring (bicyclic) bond motifs is 1. The van der Waals surface area contributed by atoms with Gasteiger partial charge in [0.1, 0.15) is 5.75 Å². The van der Waals surface area contributed by atoms with Crippen LogP contribution < -0.4 is 9.64 Å². The van der Waals surface area contributed by atoms with Gasteiger partial charge in [-0.1, -0.05) is 35.6 Å². The molecule has 0 saturated heterocycles. The third-order valence-electron chi connectivity index (χ3n) is 4.69. The van der Waals surface area contributed by atoms with E-state index in [1.54, 1.807) is 17.3 Å². The summed E-state index contributed by atoms with van der Waals surface area (Å²) in [4.78, 5) is 23.7. The summed E-state index contributed by atoms with van der Waals surface area (Å²) < 4.78 is 6.76. The number of ether oxygens (including phenoxy) is 1. The predicted octanol–water partition coefficient (Wildman–Crippen LogP) is 4.92. The molecule has 2 heterocycles. The van der Waals surface area contributed by atoms with Gasteiger partial charge < -0.3 is 4.74 Å². The Morgan fingerprint density at radius 1 is 1.07 bits per heavy atom. The first-order chi connectivity index (χ1) is 14.1. The minimum Gasteiger partial charge on any atom is -0.484 e. The molecule has 5 nitrogen and oxygen atoms in total. The molecular formula is C23H21N3O2S. The SMILES string of the molecule is Cc1cc2nc(N(Cc3cccnc3)C(=O)COc3ccccc3)sc2cc1C. The molecular weight excluding hydrogens is 382 g/mol. The number of carbonyl (C=O) groups is 1. The number of hydrogen-bond acceptors (Lipinski definition) is 5. The van der Waals surface area contributed by atoms with Crippen molar-refractivity contribution in [2.75, 3.05) is 11.5 Å². The fourth-order valence-electron chi connectivity index (χ4n) is 2.96. The van der Waals surface area contributed by atoms with E-state index in [1.807, 2.05) is 42.5 Å². The van der Waals surface area contributed by atoms with Gasteiger partial charge in [-0.25, -0.2) is 4.98 Å². The highest BCUT2D eigenvalue weighted by molar-refractivity contribution is 7.22.